The zero-order valence-corrected chi connectivity index (χ0v) is 15.0. The fourth-order valence-corrected chi connectivity index (χ4v) is 3.56. The topological polar surface area (TPSA) is 42.0 Å². The Morgan fingerprint density at radius 2 is 1.95 bits per heavy atom. The first-order valence-electron chi connectivity index (χ1n) is 7.11. The highest BCUT2D eigenvalue weighted by molar-refractivity contribution is 7.09. The van der Waals surface area contributed by atoms with E-state index in [0.29, 0.717) is 16.7 Å². The second-order valence-electron chi connectivity index (χ2n) is 5.69. The first-order chi connectivity index (χ1) is 10.4. The fourth-order valence-electron chi connectivity index (χ4n) is 2.45. The zero-order valence-electron chi connectivity index (χ0n) is 12.7. The van der Waals surface area contributed by atoms with Crippen LogP contribution in [0, 0.1) is 5.92 Å². The van der Waals surface area contributed by atoms with Gasteiger partial charge in [0.1, 0.15) is 9.90 Å². The van der Waals surface area contributed by atoms with Gasteiger partial charge < -0.3 is 5.32 Å². The van der Waals surface area contributed by atoms with Crippen molar-refractivity contribution >= 4 is 46.3 Å². The second kappa shape index (κ2) is 7.44. The molecule has 22 heavy (non-hydrogen) atoms. The van der Waals surface area contributed by atoms with Crippen LogP contribution in [0.4, 0.5) is 5.69 Å². The molecule has 0 spiro atoms. The minimum absolute atomic E-state index is 0.165. The number of carbonyl (C=O) groups is 1. The maximum absolute atomic E-state index is 12.4. The molecule has 0 saturated carbocycles. The van der Waals surface area contributed by atoms with E-state index in [2.05, 4.69) is 30.5 Å². The Morgan fingerprint density at radius 1 is 1.27 bits per heavy atom. The molecule has 3 nitrogen and oxygen atoms in total. The van der Waals surface area contributed by atoms with Crippen LogP contribution < -0.4 is 5.32 Å². The standard InChI is InChI=1S/C16H18Cl2N2OS/c1-9(2)8-10(3)11-6-4-5-7-12(11)19-16(21)14-13(17)15(18)20-22-14/h4-7,9-10H,8H2,1-3H3,(H,19,21). The molecule has 0 aliphatic heterocycles. The lowest BCUT2D eigenvalue weighted by molar-refractivity contribution is 0.103. The number of nitrogens with one attached hydrogen (secondary N) is 1. The number of nitrogens with zero attached hydrogens (tertiary/aromatic N) is 1. The third-order valence-corrected chi connectivity index (χ3v) is 5.17. The Labute approximate surface area is 144 Å². The summed E-state index contributed by atoms with van der Waals surface area (Å²) in [6, 6.07) is 7.84. The maximum Gasteiger partial charge on any atom is 0.268 e. The molecule has 2 aromatic rings. The van der Waals surface area contributed by atoms with Crippen molar-refractivity contribution in [2.75, 3.05) is 5.32 Å². The summed E-state index contributed by atoms with van der Waals surface area (Å²) in [6.07, 6.45) is 1.06. The highest BCUT2D eigenvalue weighted by Gasteiger charge is 2.19. The van der Waals surface area contributed by atoms with Crippen molar-refractivity contribution in [3.05, 3.63) is 44.9 Å². The fraction of sp³-hybridized carbons (Fsp3) is 0.375. The molecule has 1 N–H and O–H groups in total. The lowest BCUT2D eigenvalue weighted by atomic mass is 9.91. The molecule has 0 radical (unpaired) electrons. The average molecular weight is 357 g/mol. The molecule has 2 rings (SSSR count). The van der Waals surface area contributed by atoms with Gasteiger partial charge >= 0.3 is 0 Å². The average Bonchev–Trinajstić information content (AvgIpc) is 2.79. The van der Waals surface area contributed by atoms with E-state index in [1.54, 1.807) is 0 Å². The van der Waals surface area contributed by atoms with Crippen LogP contribution in [-0.4, -0.2) is 10.3 Å². The predicted octanol–water partition coefficient (Wildman–Crippen LogP) is 5.85. The van der Waals surface area contributed by atoms with Crippen LogP contribution in [-0.2, 0) is 0 Å². The third-order valence-electron chi connectivity index (χ3n) is 3.37. The van der Waals surface area contributed by atoms with Crippen molar-refractivity contribution in [2.24, 2.45) is 5.92 Å². The van der Waals surface area contributed by atoms with Crippen molar-refractivity contribution in [2.45, 2.75) is 33.1 Å². The molecule has 0 aliphatic carbocycles. The highest BCUT2D eigenvalue weighted by Crippen LogP contribution is 2.32. The minimum Gasteiger partial charge on any atom is -0.321 e. The number of aromatic nitrogens is 1. The Balaban J connectivity index is 2.23. The molecule has 1 heterocycles. The summed E-state index contributed by atoms with van der Waals surface area (Å²) in [6.45, 7) is 6.55. The van der Waals surface area contributed by atoms with E-state index in [1.165, 1.54) is 0 Å². The first-order valence-corrected chi connectivity index (χ1v) is 8.64. The van der Waals surface area contributed by atoms with Crippen LogP contribution >= 0.6 is 34.7 Å². The number of rotatable bonds is 5. The van der Waals surface area contributed by atoms with Gasteiger partial charge in [0.2, 0.25) is 0 Å². The van der Waals surface area contributed by atoms with E-state index in [-0.39, 0.29) is 16.1 Å². The van der Waals surface area contributed by atoms with Gasteiger partial charge in [-0.2, -0.15) is 4.37 Å². The van der Waals surface area contributed by atoms with Crippen molar-refractivity contribution in [3.63, 3.8) is 0 Å². The third kappa shape index (κ3) is 4.00. The molecule has 1 atom stereocenters. The Hall–Kier alpha value is -1.10. The molecule has 1 unspecified atom stereocenters. The van der Waals surface area contributed by atoms with E-state index in [1.807, 2.05) is 24.3 Å². The van der Waals surface area contributed by atoms with Gasteiger partial charge in [0, 0.05) is 5.69 Å². The molecule has 118 valence electrons. The normalized spacial score (nSPS) is 12.5. The Bertz CT molecular complexity index is 670. The molecule has 1 aromatic carbocycles. The summed E-state index contributed by atoms with van der Waals surface area (Å²) in [5.41, 5.74) is 1.93. The van der Waals surface area contributed by atoms with Crippen molar-refractivity contribution in [1.82, 2.24) is 4.37 Å². The lowest BCUT2D eigenvalue weighted by Crippen LogP contribution is -2.13. The van der Waals surface area contributed by atoms with Gasteiger partial charge in [-0.3, -0.25) is 4.79 Å². The molecule has 0 fully saturated rings. The van der Waals surface area contributed by atoms with Gasteiger partial charge in [-0.15, -0.1) is 0 Å². The van der Waals surface area contributed by atoms with Gasteiger partial charge in [-0.05, 0) is 41.4 Å². The smallest absolute Gasteiger partial charge is 0.268 e. The molecule has 1 amide bonds. The quantitative estimate of drug-likeness (QED) is 0.729. The number of amides is 1. The number of carbonyl (C=O) groups excluding carboxylic acids is 1. The molecular formula is C16H18Cl2N2OS. The van der Waals surface area contributed by atoms with Crippen LogP contribution in [0.1, 0.15) is 48.3 Å². The Kier molecular flexibility index (Phi) is 5.84. The van der Waals surface area contributed by atoms with Crippen LogP contribution in [0.25, 0.3) is 0 Å². The van der Waals surface area contributed by atoms with E-state index in [0.717, 1.165) is 29.2 Å². The van der Waals surface area contributed by atoms with Crippen molar-refractivity contribution < 1.29 is 4.79 Å². The minimum atomic E-state index is -0.279. The molecule has 1 aromatic heterocycles. The largest absolute Gasteiger partial charge is 0.321 e. The van der Waals surface area contributed by atoms with E-state index >= 15 is 0 Å². The molecule has 0 saturated heterocycles. The van der Waals surface area contributed by atoms with Crippen LogP contribution in [0.5, 0.6) is 0 Å². The van der Waals surface area contributed by atoms with E-state index in [4.69, 9.17) is 23.2 Å². The van der Waals surface area contributed by atoms with Crippen molar-refractivity contribution in [3.8, 4) is 0 Å². The van der Waals surface area contributed by atoms with Gasteiger partial charge in [-0.25, -0.2) is 0 Å². The SMILES string of the molecule is CC(C)CC(C)c1ccccc1NC(=O)c1snc(Cl)c1Cl. The number of halogens is 2. The monoisotopic (exact) mass is 356 g/mol. The summed E-state index contributed by atoms with van der Waals surface area (Å²) >= 11 is 12.8. The summed E-state index contributed by atoms with van der Waals surface area (Å²) in [5.74, 6) is 0.670. The molecule has 6 heteroatoms. The lowest BCUT2D eigenvalue weighted by Gasteiger charge is -2.18. The first kappa shape index (κ1) is 17.3. The van der Waals surface area contributed by atoms with E-state index < -0.39 is 0 Å². The summed E-state index contributed by atoms with van der Waals surface area (Å²) < 4.78 is 3.89. The number of para-hydroxylation sites is 1. The summed E-state index contributed by atoms with van der Waals surface area (Å²) in [4.78, 5) is 12.7. The number of hydrogen-bond donors (Lipinski definition) is 1. The van der Waals surface area contributed by atoms with Gasteiger partial charge in [-0.1, -0.05) is 62.2 Å². The van der Waals surface area contributed by atoms with Crippen molar-refractivity contribution in [1.29, 1.82) is 0 Å². The molecule has 0 bridgehead atoms. The maximum atomic E-state index is 12.4. The predicted molar refractivity (Wildman–Crippen MR) is 94.4 cm³/mol. The van der Waals surface area contributed by atoms with Crippen LogP contribution in [0.2, 0.25) is 10.2 Å². The number of benzene rings is 1. The van der Waals surface area contributed by atoms with Crippen LogP contribution in [0.15, 0.2) is 24.3 Å². The Morgan fingerprint density at radius 3 is 2.55 bits per heavy atom. The van der Waals surface area contributed by atoms with E-state index in [9.17, 15) is 4.79 Å². The zero-order chi connectivity index (χ0) is 16.3. The van der Waals surface area contributed by atoms with Gasteiger partial charge in [0.25, 0.3) is 5.91 Å². The van der Waals surface area contributed by atoms with Gasteiger partial charge in [0.05, 0.1) is 0 Å². The number of hydrogen-bond acceptors (Lipinski definition) is 3. The summed E-state index contributed by atoms with van der Waals surface area (Å²) in [5, 5.41) is 3.29. The highest BCUT2D eigenvalue weighted by atomic mass is 35.5. The second-order valence-corrected chi connectivity index (χ2v) is 7.20. The molecular weight excluding hydrogens is 339 g/mol. The van der Waals surface area contributed by atoms with Gasteiger partial charge in [0.15, 0.2) is 5.15 Å². The molecule has 0 aliphatic rings. The summed E-state index contributed by atoms with van der Waals surface area (Å²) in [7, 11) is 0. The number of anilines is 1. The van der Waals surface area contributed by atoms with Crippen LogP contribution in [0.3, 0.4) is 0 Å².